The highest BCUT2D eigenvalue weighted by Crippen LogP contribution is 2.24. The molecule has 1 aromatic rings. The van der Waals surface area contributed by atoms with Gasteiger partial charge in [0, 0.05) is 40.6 Å². The van der Waals surface area contributed by atoms with E-state index < -0.39 is 10.0 Å². The van der Waals surface area contributed by atoms with Gasteiger partial charge in [-0.2, -0.15) is 23.5 Å². The van der Waals surface area contributed by atoms with Gasteiger partial charge in [0.15, 0.2) is 0 Å². The van der Waals surface area contributed by atoms with Gasteiger partial charge in [-0.1, -0.05) is 11.6 Å². The fourth-order valence-electron chi connectivity index (χ4n) is 1.82. The van der Waals surface area contributed by atoms with Crippen molar-refractivity contribution in [2.24, 2.45) is 5.73 Å². The normalized spacial score (nSPS) is 20.0. The van der Waals surface area contributed by atoms with Crippen LogP contribution < -0.4 is 10.5 Å². The van der Waals surface area contributed by atoms with Crippen LogP contribution in [0.3, 0.4) is 0 Å². The van der Waals surface area contributed by atoms with Crippen molar-refractivity contribution in [2.75, 3.05) is 23.8 Å². The third kappa shape index (κ3) is 4.29. The van der Waals surface area contributed by atoms with Crippen molar-refractivity contribution in [1.82, 2.24) is 4.72 Å². The maximum Gasteiger partial charge on any atom is 0.240 e. The lowest BCUT2D eigenvalue weighted by atomic mass is 10.2. The molecule has 112 valence electrons. The largest absolute Gasteiger partial charge is 0.326 e. The van der Waals surface area contributed by atoms with Crippen molar-refractivity contribution >= 4 is 45.1 Å². The lowest BCUT2D eigenvalue weighted by molar-refractivity contribution is 0.581. The standard InChI is InChI=1S/C12H17ClN2O2S3/c13-12-2-1-11(5-9(12)6-14)20(16,17)15-7-10-8-18-3-4-19-10/h1-2,5,10,15H,3-4,6-8,14H2. The molecule has 1 aliphatic rings. The van der Waals surface area contributed by atoms with E-state index in [4.69, 9.17) is 17.3 Å². The Balaban J connectivity index is 2.05. The van der Waals surface area contributed by atoms with Gasteiger partial charge in [-0.25, -0.2) is 13.1 Å². The molecule has 0 aliphatic carbocycles. The number of hydrogen-bond donors (Lipinski definition) is 2. The smallest absolute Gasteiger partial charge is 0.240 e. The monoisotopic (exact) mass is 352 g/mol. The van der Waals surface area contributed by atoms with Gasteiger partial charge in [-0.3, -0.25) is 0 Å². The summed E-state index contributed by atoms with van der Waals surface area (Å²) in [4.78, 5) is 0.218. The quantitative estimate of drug-likeness (QED) is 0.847. The van der Waals surface area contributed by atoms with Crippen molar-refractivity contribution in [1.29, 1.82) is 0 Å². The third-order valence-electron chi connectivity index (χ3n) is 2.93. The van der Waals surface area contributed by atoms with E-state index in [1.807, 2.05) is 23.5 Å². The summed E-state index contributed by atoms with van der Waals surface area (Å²) in [7, 11) is -3.50. The summed E-state index contributed by atoms with van der Waals surface area (Å²) < 4.78 is 27.2. The second kappa shape index (κ2) is 7.38. The first-order valence-corrected chi connectivity index (χ1v) is 10.3. The first-order chi connectivity index (χ1) is 9.53. The zero-order valence-electron chi connectivity index (χ0n) is 10.8. The topological polar surface area (TPSA) is 72.2 Å². The fourth-order valence-corrected chi connectivity index (χ4v) is 5.86. The van der Waals surface area contributed by atoms with Crippen LogP contribution in [0.1, 0.15) is 5.56 Å². The molecule has 1 saturated heterocycles. The number of sulfonamides is 1. The van der Waals surface area contributed by atoms with Gasteiger partial charge in [0.2, 0.25) is 10.0 Å². The van der Waals surface area contributed by atoms with Crippen molar-refractivity contribution in [3.05, 3.63) is 28.8 Å². The molecule has 3 N–H and O–H groups in total. The van der Waals surface area contributed by atoms with Gasteiger partial charge in [-0.15, -0.1) is 0 Å². The highest BCUT2D eigenvalue weighted by atomic mass is 35.5. The third-order valence-corrected chi connectivity index (χ3v) is 7.57. The van der Waals surface area contributed by atoms with Crippen LogP contribution in [0.2, 0.25) is 5.02 Å². The van der Waals surface area contributed by atoms with Crippen LogP contribution in [0.4, 0.5) is 0 Å². The van der Waals surface area contributed by atoms with Crippen LogP contribution in [0.15, 0.2) is 23.1 Å². The molecule has 1 aliphatic heterocycles. The highest BCUT2D eigenvalue weighted by molar-refractivity contribution is 8.06. The molecule has 0 saturated carbocycles. The van der Waals surface area contributed by atoms with E-state index in [0.717, 1.165) is 17.3 Å². The number of hydrogen-bond acceptors (Lipinski definition) is 5. The van der Waals surface area contributed by atoms with Crippen LogP contribution in [0.25, 0.3) is 0 Å². The van der Waals surface area contributed by atoms with E-state index in [1.165, 1.54) is 12.1 Å². The minimum atomic E-state index is -3.50. The van der Waals surface area contributed by atoms with Crippen LogP contribution in [-0.2, 0) is 16.6 Å². The van der Waals surface area contributed by atoms with Gasteiger partial charge in [0.1, 0.15) is 0 Å². The van der Waals surface area contributed by atoms with E-state index in [9.17, 15) is 8.42 Å². The molecule has 0 bridgehead atoms. The van der Waals surface area contributed by atoms with E-state index >= 15 is 0 Å². The molecule has 1 unspecified atom stereocenters. The number of benzene rings is 1. The molecule has 0 amide bonds. The van der Waals surface area contributed by atoms with E-state index in [2.05, 4.69) is 4.72 Å². The summed E-state index contributed by atoms with van der Waals surface area (Å²) in [5.41, 5.74) is 6.18. The SMILES string of the molecule is NCc1cc(S(=O)(=O)NCC2CSCCS2)ccc1Cl. The van der Waals surface area contributed by atoms with Crippen LogP contribution in [-0.4, -0.2) is 37.5 Å². The molecule has 0 spiro atoms. The van der Waals surface area contributed by atoms with Crippen molar-refractivity contribution in [3.8, 4) is 0 Å². The molecule has 8 heteroatoms. The molecule has 0 radical (unpaired) electrons. The van der Waals surface area contributed by atoms with E-state index in [-0.39, 0.29) is 11.4 Å². The summed E-state index contributed by atoms with van der Waals surface area (Å²) in [5.74, 6) is 3.21. The average molecular weight is 353 g/mol. The van der Waals surface area contributed by atoms with Gasteiger partial charge < -0.3 is 5.73 Å². The molecule has 1 fully saturated rings. The second-order valence-electron chi connectivity index (χ2n) is 4.38. The lowest BCUT2D eigenvalue weighted by Crippen LogP contribution is -2.33. The first kappa shape index (κ1) is 16.5. The van der Waals surface area contributed by atoms with Gasteiger partial charge in [0.05, 0.1) is 4.90 Å². The van der Waals surface area contributed by atoms with Crippen LogP contribution in [0, 0.1) is 0 Å². The minimum Gasteiger partial charge on any atom is -0.326 e. The zero-order valence-corrected chi connectivity index (χ0v) is 14.0. The molecule has 1 atom stereocenters. The maximum absolute atomic E-state index is 12.2. The lowest BCUT2D eigenvalue weighted by Gasteiger charge is -2.21. The number of nitrogens with two attached hydrogens (primary N) is 1. The van der Waals surface area contributed by atoms with Crippen LogP contribution in [0.5, 0.6) is 0 Å². The summed E-state index contributed by atoms with van der Waals surface area (Å²) in [5, 5.41) is 0.829. The molecular weight excluding hydrogens is 336 g/mol. The maximum atomic E-state index is 12.2. The highest BCUT2D eigenvalue weighted by Gasteiger charge is 2.20. The van der Waals surface area contributed by atoms with Crippen molar-refractivity contribution in [3.63, 3.8) is 0 Å². The van der Waals surface area contributed by atoms with Crippen LogP contribution >= 0.6 is 35.1 Å². The summed E-state index contributed by atoms with van der Waals surface area (Å²) in [6.45, 7) is 0.678. The molecule has 20 heavy (non-hydrogen) atoms. The fraction of sp³-hybridized carbons (Fsp3) is 0.500. The van der Waals surface area contributed by atoms with Gasteiger partial charge in [-0.05, 0) is 23.8 Å². The summed E-state index contributed by atoms with van der Waals surface area (Å²) >= 11 is 9.63. The Morgan fingerprint density at radius 3 is 2.85 bits per heavy atom. The molecule has 2 rings (SSSR count). The Morgan fingerprint density at radius 2 is 2.20 bits per heavy atom. The van der Waals surface area contributed by atoms with E-state index in [1.54, 1.807) is 6.07 Å². The zero-order chi connectivity index (χ0) is 14.6. The Labute approximate surface area is 133 Å². The Hall–Kier alpha value is 0.0800. The Morgan fingerprint density at radius 1 is 1.40 bits per heavy atom. The number of nitrogens with one attached hydrogen (secondary N) is 1. The van der Waals surface area contributed by atoms with Crippen molar-refractivity contribution in [2.45, 2.75) is 16.7 Å². The number of thioether (sulfide) groups is 2. The Kier molecular flexibility index (Phi) is 6.07. The van der Waals surface area contributed by atoms with Gasteiger partial charge in [0.25, 0.3) is 0 Å². The molecule has 0 aromatic heterocycles. The first-order valence-electron chi connectivity index (χ1n) is 6.20. The predicted molar refractivity (Wildman–Crippen MR) is 88.1 cm³/mol. The molecule has 1 aromatic carbocycles. The molecular formula is C12H17ClN2O2S3. The minimum absolute atomic E-state index is 0.218. The molecule has 1 heterocycles. The number of halogens is 1. The summed E-state index contributed by atoms with van der Waals surface area (Å²) in [6.07, 6.45) is 0. The second-order valence-corrected chi connectivity index (χ2v) is 9.11. The average Bonchev–Trinajstić information content (AvgIpc) is 2.46. The van der Waals surface area contributed by atoms with E-state index in [0.29, 0.717) is 22.4 Å². The summed E-state index contributed by atoms with van der Waals surface area (Å²) in [6, 6.07) is 4.61. The molecule has 4 nitrogen and oxygen atoms in total. The van der Waals surface area contributed by atoms with Gasteiger partial charge >= 0.3 is 0 Å². The Bertz CT molecular complexity index is 560. The predicted octanol–water partition coefficient (Wildman–Crippen LogP) is 1.93. The number of rotatable bonds is 5. The van der Waals surface area contributed by atoms with Crippen molar-refractivity contribution < 1.29 is 8.42 Å².